The van der Waals surface area contributed by atoms with Gasteiger partial charge in [0, 0.05) is 28.3 Å². The molecule has 3 aromatic carbocycles. The molecule has 0 bridgehead atoms. The van der Waals surface area contributed by atoms with Crippen molar-refractivity contribution in [2.24, 2.45) is 0 Å². The summed E-state index contributed by atoms with van der Waals surface area (Å²) >= 11 is 0. The van der Waals surface area contributed by atoms with Gasteiger partial charge in [-0.05, 0) is 66.9 Å². The van der Waals surface area contributed by atoms with Crippen molar-refractivity contribution < 1.29 is 0 Å². The molecule has 0 unspecified atom stereocenters. The molecule has 0 aliphatic carbocycles. The van der Waals surface area contributed by atoms with E-state index >= 15 is 0 Å². The fourth-order valence-corrected chi connectivity index (χ4v) is 5.00. The number of nitrogens with zero attached hydrogens (tertiary/aromatic N) is 3. The first kappa shape index (κ1) is 21.4. The largest absolute Gasteiger partial charge is 0.294 e. The van der Waals surface area contributed by atoms with Crippen molar-refractivity contribution in [3.63, 3.8) is 0 Å². The van der Waals surface area contributed by atoms with Crippen LogP contribution in [0.4, 0.5) is 0 Å². The highest BCUT2D eigenvalue weighted by Gasteiger charge is 2.17. The van der Waals surface area contributed by atoms with Crippen molar-refractivity contribution in [3.8, 4) is 16.9 Å². The topological polar surface area (TPSA) is 30.7 Å². The minimum absolute atomic E-state index is 0.224. The first-order valence-electron chi connectivity index (χ1n) is 12.1. The normalized spacial score (nSPS) is 11.3. The quantitative estimate of drug-likeness (QED) is 0.304. The van der Waals surface area contributed by atoms with Crippen molar-refractivity contribution >= 4 is 39.6 Å². The highest BCUT2D eigenvalue weighted by atomic mass is 15.1. The molecule has 3 nitrogen and oxygen atoms in total. The number of para-hydroxylation sites is 1. The van der Waals surface area contributed by atoms with Gasteiger partial charge < -0.3 is 0 Å². The van der Waals surface area contributed by atoms with E-state index in [4.69, 9.17) is 4.98 Å². The van der Waals surface area contributed by atoms with E-state index in [9.17, 15) is 0 Å². The van der Waals surface area contributed by atoms with Crippen molar-refractivity contribution in [2.45, 2.75) is 20.7 Å². The number of fused-ring (bicyclic) bond motifs is 3. The number of hydrogen-bond donors (Lipinski definition) is 0. The smallest absolute Gasteiger partial charge is 0.230 e. The molecule has 0 saturated heterocycles. The van der Waals surface area contributed by atoms with Gasteiger partial charge in [0.05, 0.1) is 11.0 Å². The van der Waals surface area contributed by atoms with E-state index in [1.807, 2.05) is 25.3 Å². The Morgan fingerprint density at radius 3 is 2.34 bits per heavy atom. The predicted molar refractivity (Wildman–Crippen MR) is 149 cm³/mol. The lowest BCUT2D eigenvalue weighted by Crippen LogP contribution is -2.41. The van der Waals surface area contributed by atoms with E-state index < -0.39 is 0 Å². The van der Waals surface area contributed by atoms with Crippen LogP contribution in [-0.2, 0) is 0 Å². The zero-order valence-corrected chi connectivity index (χ0v) is 20.2. The average Bonchev–Trinajstić information content (AvgIpc) is 3.22. The third-order valence-corrected chi connectivity index (χ3v) is 6.88. The van der Waals surface area contributed by atoms with E-state index in [1.165, 1.54) is 44.0 Å². The van der Waals surface area contributed by atoms with Gasteiger partial charge in [-0.25, -0.2) is 4.98 Å². The standard InChI is InChI=1S/C31H26BN3/c1-21-16-17-33-30(18-21)32(3)25-10-7-9-23(19-25)24-14-15-27-26-11-4-5-12-28(26)35(29(27)20-24)31-13-6-8-22(2)34-31/h4-20H,1-3H3. The third-order valence-electron chi connectivity index (χ3n) is 6.88. The lowest BCUT2D eigenvalue weighted by molar-refractivity contribution is 1.05. The number of hydrogen-bond acceptors (Lipinski definition) is 2. The molecule has 0 N–H and O–H groups in total. The maximum atomic E-state index is 4.85. The summed E-state index contributed by atoms with van der Waals surface area (Å²) in [6.45, 7) is 6.61. The maximum Gasteiger partial charge on any atom is 0.230 e. The van der Waals surface area contributed by atoms with Crippen molar-refractivity contribution in [1.82, 2.24) is 14.5 Å². The zero-order valence-electron chi connectivity index (χ0n) is 20.2. The van der Waals surface area contributed by atoms with Crippen molar-refractivity contribution in [3.05, 3.63) is 115 Å². The molecule has 4 heteroatoms. The second-order valence-corrected chi connectivity index (χ2v) is 9.33. The van der Waals surface area contributed by atoms with E-state index in [-0.39, 0.29) is 6.71 Å². The van der Waals surface area contributed by atoms with E-state index in [1.54, 1.807) is 0 Å². The molecule has 0 fully saturated rings. The van der Waals surface area contributed by atoms with Crippen LogP contribution in [-0.4, -0.2) is 21.2 Å². The fraction of sp³-hybridized carbons (Fsp3) is 0.0968. The first-order chi connectivity index (χ1) is 17.1. The van der Waals surface area contributed by atoms with Gasteiger partial charge in [-0.15, -0.1) is 0 Å². The average molecular weight is 451 g/mol. The van der Waals surface area contributed by atoms with Crippen LogP contribution in [0, 0.1) is 13.8 Å². The number of rotatable bonds is 4. The van der Waals surface area contributed by atoms with Gasteiger partial charge in [-0.2, -0.15) is 0 Å². The molecule has 0 aliphatic heterocycles. The molecular weight excluding hydrogens is 425 g/mol. The summed E-state index contributed by atoms with van der Waals surface area (Å²) < 4.78 is 2.28. The Morgan fingerprint density at radius 1 is 0.686 bits per heavy atom. The Balaban J connectivity index is 1.51. The number of pyridine rings is 2. The summed E-state index contributed by atoms with van der Waals surface area (Å²) in [5.74, 6) is 0.946. The Kier molecular flexibility index (Phi) is 5.22. The van der Waals surface area contributed by atoms with Crippen LogP contribution in [0.2, 0.25) is 6.82 Å². The van der Waals surface area contributed by atoms with Gasteiger partial charge in [0.2, 0.25) is 6.71 Å². The van der Waals surface area contributed by atoms with Gasteiger partial charge >= 0.3 is 0 Å². The Hall–Kier alpha value is -4.18. The number of aryl methyl sites for hydroxylation is 2. The predicted octanol–water partition coefficient (Wildman–Crippen LogP) is 6.10. The van der Waals surface area contributed by atoms with E-state index in [0.29, 0.717) is 0 Å². The summed E-state index contributed by atoms with van der Waals surface area (Å²) in [5, 5.41) is 2.48. The van der Waals surface area contributed by atoms with Crippen LogP contribution in [0.25, 0.3) is 38.8 Å². The Bertz CT molecular complexity index is 1700. The molecule has 168 valence electrons. The van der Waals surface area contributed by atoms with Gasteiger partial charge in [-0.1, -0.05) is 72.9 Å². The molecule has 0 amide bonds. The lowest BCUT2D eigenvalue weighted by Gasteiger charge is -2.12. The summed E-state index contributed by atoms with van der Waals surface area (Å²) in [5.41, 5.74) is 9.35. The zero-order chi connectivity index (χ0) is 23.9. The summed E-state index contributed by atoms with van der Waals surface area (Å²) in [4.78, 5) is 9.48. The van der Waals surface area contributed by atoms with Crippen LogP contribution in [0.1, 0.15) is 11.3 Å². The van der Waals surface area contributed by atoms with Gasteiger partial charge in [0.25, 0.3) is 0 Å². The first-order valence-corrected chi connectivity index (χ1v) is 12.1. The van der Waals surface area contributed by atoms with Crippen LogP contribution < -0.4 is 11.1 Å². The van der Waals surface area contributed by atoms with Crippen molar-refractivity contribution in [2.75, 3.05) is 0 Å². The molecule has 3 aromatic heterocycles. The minimum Gasteiger partial charge on any atom is -0.294 e. The third kappa shape index (κ3) is 3.81. The highest BCUT2D eigenvalue weighted by molar-refractivity contribution is 6.83. The van der Waals surface area contributed by atoms with Crippen LogP contribution >= 0.6 is 0 Å². The van der Waals surface area contributed by atoms with Crippen LogP contribution in [0.3, 0.4) is 0 Å². The van der Waals surface area contributed by atoms with E-state index in [2.05, 4.69) is 108 Å². The van der Waals surface area contributed by atoms with Crippen LogP contribution in [0.5, 0.6) is 0 Å². The summed E-state index contributed by atoms with van der Waals surface area (Å²) in [6, 6.07) is 34.6. The highest BCUT2D eigenvalue weighted by Crippen LogP contribution is 2.34. The molecule has 0 radical (unpaired) electrons. The molecule has 35 heavy (non-hydrogen) atoms. The molecule has 0 saturated carbocycles. The summed E-state index contributed by atoms with van der Waals surface area (Å²) in [6.07, 6.45) is 1.90. The van der Waals surface area contributed by atoms with Crippen molar-refractivity contribution in [1.29, 1.82) is 0 Å². The number of aromatic nitrogens is 3. The molecule has 0 aliphatic rings. The number of benzene rings is 3. The van der Waals surface area contributed by atoms with Crippen LogP contribution in [0.15, 0.2) is 103 Å². The minimum atomic E-state index is 0.224. The SMILES string of the molecule is CB(c1cccc(-c2ccc3c4ccccc4n(-c4cccc(C)n4)c3c2)c1)c1cc(C)ccn1. The molecule has 0 atom stereocenters. The maximum absolute atomic E-state index is 4.85. The molecule has 0 spiro atoms. The Morgan fingerprint density at radius 2 is 1.49 bits per heavy atom. The second-order valence-electron chi connectivity index (χ2n) is 9.33. The molecule has 3 heterocycles. The van der Waals surface area contributed by atoms with Gasteiger partial charge in [0.1, 0.15) is 5.82 Å². The summed E-state index contributed by atoms with van der Waals surface area (Å²) in [7, 11) is 0. The molecule has 6 rings (SSSR count). The molecule has 6 aromatic rings. The monoisotopic (exact) mass is 451 g/mol. The fourth-order valence-electron chi connectivity index (χ4n) is 5.00. The molecular formula is C31H26BN3. The van der Waals surface area contributed by atoms with Gasteiger partial charge in [-0.3, -0.25) is 9.55 Å². The van der Waals surface area contributed by atoms with Gasteiger partial charge in [0.15, 0.2) is 0 Å². The second kappa shape index (κ2) is 8.55. The van der Waals surface area contributed by atoms with E-state index in [0.717, 1.165) is 17.1 Å². The Labute approximate surface area is 206 Å². The lowest BCUT2D eigenvalue weighted by atomic mass is 9.44.